The molecule has 2 N–H and O–H groups in total. The van der Waals surface area contributed by atoms with E-state index in [1.54, 1.807) is 31.4 Å². The van der Waals surface area contributed by atoms with Gasteiger partial charge in [-0.1, -0.05) is 12.1 Å². The fraction of sp³-hybridized carbons (Fsp3) is 0.333. The number of benzene rings is 1. The molecule has 0 aliphatic carbocycles. The van der Waals surface area contributed by atoms with Gasteiger partial charge in [0.2, 0.25) is 0 Å². The molecule has 1 atom stereocenters. The van der Waals surface area contributed by atoms with Gasteiger partial charge < -0.3 is 10.5 Å². The molecule has 0 saturated heterocycles. The van der Waals surface area contributed by atoms with E-state index >= 15 is 0 Å². The zero-order chi connectivity index (χ0) is 8.97. The summed E-state index contributed by atoms with van der Waals surface area (Å²) in [4.78, 5) is 0. The molecule has 0 heterocycles. The molecule has 0 bridgehead atoms. The highest BCUT2D eigenvalue weighted by atomic mass is 19.1. The van der Waals surface area contributed by atoms with Crippen molar-refractivity contribution in [2.45, 2.75) is 6.17 Å². The molecule has 66 valence electrons. The summed E-state index contributed by atoms with van der Waals surface area (Å²) < 4.78 is 17.9. The van der Waals surface area contributed by atoms with Gasteiger partial charge in [0.15, 0.2) is 0 Å². The van der Waals surface area contributed by atoms with Crippen molar-refractivity contribution < 1.29 is 9.13 Å². The fourth-order valence-electron chi connectivity index (χ4n) is 0.949. The molecule has 3 heteroatoms. The number of rotatable bonds is 3. The highest BCUT2D eigenvalue weighted by Gasteiger charge is 2.05. The number of hydrogen-bond acceptors (Lipinski definition) is 2. The molecule has 12 heavy (non-hydrogen) atoms. The summed E-state index contributed by atoms with van der Waals surface area (Å²) in [6.07, 6.45) is -1.07. The summed E-state index contributed by atoms with van der Waals surface area (Å²) in [5, 5.41) is 0. The number of nitrogens with two attached hydrogens (primary N) is 1. The standard InChI is InChI=1S/C9H12FNO/c1-12-8-4-2-7(3-5-8)9(10)6-11/h2-5,9H,6,11H2,1H3. The number of ether oxygens (including phenoxy) is 1. The van der Waals surface area contributed by atoms with Gasteiger partial charge >= 0.3 is 0 Å². The molecule has 1 rings (SSSR count). The molecular weight excluding hydrogens is 157 g/mol. The minimum absolute atomic E-state index is 0.0202. The van der Waals surface area contributed by atoms with Crippen LogP contribution in [0.1, 0.15) is 11.7 Å². The maximum absolute atomic E-state index is 12.9. The number of halogens is 1. The summed E-state index contributed by atoms with van der Waals surface area (Å²) in [5.41, 5.74) is 5.76. The lowest BCUT2D eigenvalue weighted by atomic mass is 10.1. The second-order valence-corrected chi connectivity index (χ2v) is 2.48. The molecule has 1 aromatic rings. The zero-order valence-corrected chi connectivity index (χ0v) is 6.96. The van der Waals surface area contributed by atoms with Crippen LogP contribution in [0.3, 0.4) is 0 Å². The van der Waals surface area contributed by atoms with Crippen LogP contribution in [0, 0.1) is 0 Å². The van der Waals surface area contributed by atoms with Gasteiger partial charge in [-0.05, 0) is 17.7 Å². The highest BCUT2D eigenvalue weighted by molar-refractivity contribution is 5.28. The second-order valence-electron chi connectivity index (χ2n) is 2.48. The highest BCUT2D eigenvalue weighted by Crippen LogP contribution is 2.19. The van der Waals surface area contributed by atoms with E-state index in [0.29, 0.717) is 5.56 Å². The van der Waals surface area contributed by atoms with E-state index < -0.39 is 6.17 Å². The predicted octanol–water partition coefficient (Wildman–Crippen LogP) is 1.66. The first kappa shape index (κ1) is 9.00. The molecule has 2 nitrogen and oxygen atoms in total. The number of alkyl halides is 1. The SMILES string of the molecule is COc1ccc(C(F)CN)cc1. The zero-order valence-electron chi connectivity index (χ0n) is 6.96. The molecular formula is C9H12FNO. The van der Waals surface area contributed by atoms with E-state index in [-0.39, 0.29) is 6.54 Å². The Bertz CT molecular complexity index is 235. The Morgan fingerprint density at radius 2 is 2.00 bits per heavy atom. The maximum atomic E-state index is 12.9. The summed E-state index contributed by atoms with van der Waals surface area (Å²) in [5.74, 6) is 0.725. The number of methoxy groups -OCH3 is 1. The van der Waals surface area contributed by atoms with Crippen LogP contribution in [0.25, 0.3) is 0 Å². The van der Waals surface area contributed by atoms with E-state index in [4.69, 9.17) is 10.5 Å². The molecule has 1 unspecified atom stereocenters. The molecule has 0 fully saturated rings. The lowest BCUT2D eigenvalue weighted by Gasteiger charge is -2.05. The summed E-state index contributed by atoms with van der Waals surface area (Å²) in [7, 11) is 1.57. The Balaban J connectivity index is 2.77. The Labute approximate surface area is 71.1 Å². The van der Waals surface area contributed by atoms with Gasteiger partial charge in [-0.25, -0.2) is 4.39 Å². The molecule has 0 saturated carbocycles. The quantitative estimate of drug-likeness (QED) is 0.746. The average molecular weight is 169 g/mol. The monoisotopic (exact) mass is 169 g/mol. The Kier molecular flexibility index (Phi) is 3.05. The van der Waals surface area contributed by atoms with Gasteiger partial charge in [0.05, 0.1) is 7.11 Å². The largest absolute Gasteiger partial charge is 0.497 e. The average Bonchev–Trinajstić information content (AvgIpc) is 2.17. The van der Waals surface area contributed by atoms with Crippen LogP contribution in [0.15, 0.2) is 24.3 Å². The van der Waals surface area contributed by atoms with Gasteiger partial charge in [-0.2, -0.15) is 0 Å². The lowest BCUT2D eigenvalue weighted by Crippen LogP contribution is -2.07. The molecule has 0 aromatic heterocycles. The van der Waals surface area contributed by atoms with Gasteiger partial charge in [0.25, 0.3) is 0 Å². The summed E-state index contributed by atoms with van der Waals surface area (Å²) in [6, 6.07) is 6.79. The van der Waals surface area contributed by atoms with E-state index in [0.717, 1.165) is 5.75 Å². The van der Waals surface area contributed by atoms with Gasteiger partial charge in [0, 0.05) is 6.54 Å². The van der Waals surface area contributed by atoms with E-state index in [9.17, 15) is 4.39 Å². The van der Waals surface area contributed by atoms with Crippen molar-refractivity contribution in [1.82, 2.24) is 0 Å². The first-order valence-corrected chi connectivity index (χ1v) is 3.76. The molecule has 0 aliphatic rings. The van der Waals surface area contributed by atoms with Gasteiger partial charge in [0.1, 0.15) is 11.9 Å². The Hall–Kier alpha value is -1.09. The van der Waals surface area contributed by atoms with Crippen LogP contribution in [0.4, 0.5) is 4.39 Å². The first-order chi connectivity index (χ1) is 5.77. The smallest absolute Gasteiger partial charge is 0.137 e. The van der Waals surface area contributed by atoms with Crippen LogP contribution < -0.4 is 10.5 Å². The topological polar surface area (TPSA) is 35.2 Å². The second kappa shape index (κ2) is 4.07. The molecule has 0 aliphatic heterocycles. The summed E-state index contributed by atoms with van der Waals surface area (Å²) in [6.45, 7) is 0.0202. The fourth-order valence-corrected chi connectivity index (χ4v) is 0.949. The van der Waals surface area contributed by atoms with Crippen LogP contribution in [-0.4, -0.2) is 13.7 Å². The lowest BCUT2D eigenvalue weighted by molar-refractivity contribution is 0.352. The van der Waals surface area contributed by atoms with Crippen molar-refractivity contribution in [1.29, 1.82) is 0 Å². The van der Waals surface area contributed by atoms with Crippen LogP contribution in [0.5, 0.6) is 5.75 Å². The molecule has 1 aromatic carbocycles. The van der Waals surface area contributed by atoms with Crippen LogP contribution in [0.2, 0.25) is 0 Å². The molecule has 0 amide bonds. The van der Waals surface area contributed by atoms with Crippen molar-refractivity contribution in [2.24, 2.45) is 5.73 Å². The minimum atomic E-state index is -1.07. The van der Waals surface area contributed by atoms with Gasteiger partial charge in [-0.3, -0.25) is 0 Å². The van der Waals surface area contributed by atoms with Crippen molar-refractivity contribution in [3.63, 3.8) is 0 Å². The normalized spacial score (nSPS) is 12.6. The van der Waals surface area contributed by atoms with E-state index in [1.807, 2.05) is 0 Å². The van der Waals surface area contributed by atoms with E-state index in [2.05, 4.69) is 0 Å². The van der Waals surface area contributed by atoms with Crippen LogP contribution in [-0.2, 0) is 0 Å². The van der Waals surface area contributed by atoms with Crippen molar-refractivity contribution in [3.8, 4) is 5.75 Å². The first-order valence-electron chi connectivity index (χ1n) is 3.76. The number of hydrogen-bond donors (Lipinski definition) is 1. The third kappa shape index (κ3) is 1.95. The molecule has 0 radical (unpaired) electrons. The Morgan fingerprint density at radius 3 is 2.42 bits per heavy atom. The maximum Gasteiger partial charge on any atom is 0.137 e. The van der Waals surface area contributed by atoms with E-state index in [1.165, 1.54) is 0 Å². The van der Waals surface area contributed by atoms with Crippen molar-refractivity contribution >= 4 is 0 Å². The Morgan fingerprint density at radius 1 is 1.42 bits per heavy atom. The van der Waals surface area contributed by atoms with Crippen molar-refractivity contribution in [2.75, 3.05) is 13.7 Å². The third-order valence-corrected chi connectivity index (χ3v) is 1.68. The summed E-state index contributed by atoms with van der Waals surface area (Å²) >= 11 is 0. The molecule has 0 spiro atoms. The third-order valence-electron chi connectivity index (χ3n) is 1.68. The minimum Gasteiger partial charge on any atom is -0.497 e. The predicted molar refractivity (Wildman–Crippen MR) is 45.9 cm³/mol. The van der Waals surface area contributed by atoms with Gasteiger partial charge in [-0.15, -0.1) is 0 Å². The van der Waals surface area contributed by atoms with Crippen LogP contribution >= 0.6 is 0 Å². The van der Waals surface area contributed by atoms with Crippen molar-refractivity contribution in [3.05, 3.63) is 29.8 Å².